The van der Waals surface area contributed by atoms with Crippen LogP contribution in [0.5, 0.6) is 0 Å². The molecule has 7 heteroatoms. The van der Waals surface area contributed by atoms with Crippen LogP contribution in [0.1, 0.15) is 12.0 Å². The standard InChI is InChI=1S/C19H26N4O2S/c1-22(19(26)20-7-4-8-23-9-11-25-12-10-23)14-15-13-18(24)21-17-6-3-2-5-16(15)17/h2-3,5-6,13H,4,7-12,14H2,1H3,(H,20,26)(H,21,24). The molecule has 2 heterocycles. The summed E-state index contributed by atoms with van der Waals surface area (Å²) in [6.45, 7) is 6.19. The van der Waals surface area contributed by atoms with E-state index in [0.29, 0.717) is 11.7 Å². The van der Waals surface area contributed by atoms with E-state index in [4.69, 9.17) is 17.0 Å². The van der Waals surface area contributed by atoms with Crippen molar-refractivity contribution in [3.63, 3.8) is 0 Å². The molecule has 1 fully saturated rings. The van der Waals surface area contributed by atoms with Gasteiger partial charge in [-0.25, -0.2) is 0 Å². The molecule has 2 N–H and O–H groups in total. The van der Waals surface area contributed by atoms with Crippen molar-refractivity contribution in [2.45, 2.75) is 13.0 Å². The van der Waals surface area contributed by atoms with E-state index in [1.54, 1.807) is 6.07 Å². The van der Waals surface area contributed by atoms with Crippen LogP contribution in [-0.2, 0) is 11.3 Å². The molecule has 140 valence electrons. The predicted octanol–water partition coefficient (Wildman–Crippen LogP) is 1.56. The lowest BCUT2D eigenvalue weighted by molar-refractivity contribution is 0.0376. The Morgan fingerprint density at radius 3 is 2.92 bits per heavy atom. The van der Waals surface area contributed by atoms with Gasteiger partial charge in [0, 0.05) is 50.2 Å². The molecule has 0 amide bonds. The number of benzene rings is 1. The summed E-state index contributed by atoms with van der Waals surface area (Å²) in [5.41, 5.74) is 1.74. The first-order chi connectivity index (χ1) is 12.6. The molecule has 0 bridgehead atoms. The number of rotatable bonds is 6. The molecular formula is C19H26N4O2S. The van der Waals surface area contributed by atoms with Gasteiger partial charge in [-0.15, -0.1) is 0 Å². The molecule has 2 aromatic rings. The summed E-state index contributed by atoms with van der Waals surface area (Å²) in [5, 5.41) is 5.07. The number of nitrogens with zero attached hydrogens (tertiary/aromatic N) is 2. The van der Waals surface area contributed by atoms with Gasteiger partial charge in [-0.05, 0) is 36.8 Å². The number of ether oxygens (including phenoxy) is 1. The summed E-state index contributed by atoms with van der Waals surface area (Å²) in [6.07, 6.45) is 1.04. The number of morpholine rings is 1. The lowest BCUT2D eigenvalue weighted by atomic mass is 10.1. The van der Waals surface area contributed by atoms with E-state index in [9.17, 15) is 4.79 Å². The molecule has 26 heavy (non-hydrogen) atoms. The quantitative estimate of drug-likeness (QED) is 0.591. The van der Waals surface area contributed by atoms with Crippen LogP contribution in [0.3, 0.4) is 0 Å². The number of para-hydroxylation sites is 1. The SMILES string of the molecule is CN(Cc1cc(=O)[nH]c2ccccc12)C(=S)NCCCN1CCOCC1. The number of pyridine rings is 1. The second-order valence-corrected chi connectivity index (χ2v) is 6.99. The molecule has 1 aliphatic rings. The van der Waals surface area contributed by atoms with Crippen LogP contribution in [0.2, 0.25) is 0 Å². The molecule has 0 atom stereocenters. The van der Waals surface area contributed by atoms with Crippen molar-refractivity contribution >= 4 is 28.2 Å². The van der Waals surface area contributed by atoms with Crippen molar-refractivity contribution in [3.8, 4) is 0 Å². The average molecular weight is 375 g/mol. The first kappa shape index (κ1) is 18.8. The Morgan fingerprint density at radius 1 is 1.35 bits per heavy atom. The fraction of sp³-hybridized carbons (Fsp3) is 0.474. The molecule has 0 saturated carbocycles. The van der Waals surface area contributed by atoms with Crippen LogP contribution in [0, 0.1) is 0 Å². The van der Waals surface area contributed by atoms with E-state index >= 15 is 0 Å². The topological polar surface area (TPSA) is 60.6 Å². The van der Waals surface area contributed by atoms with Gasteiger partial charge in [0.15, 0.2) is 5.11 Å². The van der Waals surface area contributed by atoms with Gasteiger partial charge in [-0.1, -0.05) is 18.2 Å². The first-order valence-corrected chi connectivity index (χ1v) is 9.44. The molecule has 1 aromatic carbocycles. The lowest BCUT2D eigenvalue weighted by Crippen LogP contribution is -2.40. The second kappa shape index (κ2) is 9.12. The van der Waals surface area contributed by atoms with Gasteiger partial charge in [0.25, 0.3) is 0 Å². The fourth-order valence-corrected chi connectivity index (χ4v) is 3.36. The molecule has 1 aliphatic heterocycles. The van der Waals surface area contributed by atoms with E-state index in [0.717, 1.165) is 62.3 Å². The van der Waals surface area contributed by atoms with Gasteiger partial charge in [0.05, 0.1) is 13.2 Å². The average Bonchev–Trinajstić information content (AvgIpc) is 2.65. The Kier molecular flexibility index (Phi) is 6.60. The molecule has 1 aromatic heterocycles. The summed E-state index contributed by atoms with van der Waals surface area (Å²) < 4.78 is 5.36. The van der Waals surface area contributed by atoms with Crippen molar-refractivity contribution in [3.05, 3.63) is 46.2 Å². The maximum Gasteiger partial charge on any atom is 0.248 e. The summed E-state index contributed by atoms with van der Waals surface area (Å²) in [6, 6.07) is 9.49. The number of aromatic nitrogens is 1. The van der Waals surface area contributed by atoms with Gasteiger partial charge in [0.2, 0.25) is 5.56 Å². The highest BCUT2D eigenvalue weighted by Gasteiger charge is 2.11. The highest BCUT2D eigenvalue weighted by Crippen LogP contribution is 2.16. The molecule has 0 aliphatic carbocycles. The third-order valence-corrected chi connectivity index (χ3v) is 5.08. The summed E-state index contributed by atoms with van der Waals surface area (Å²) in [5.74, 6) is 0. The minimum absolute atomic E-state index is 0.0866. The number of nitrogens with one attached hydrogen (secondary N) is 2. The second-order valence-electron chi connectivity index (χ2n) is 6.60. The number of hydrogen-bond acceptors (Lipinski definition) is 4. The third-order valence-electron chi connectivity index (χ3n) is 4.62. The Morgan fingerprint density at radius 2 is 2.12 bits per heavy atom. The van der Waals surface area contributed by atoms with Crippen LogP contribution in [-0.4, -0.2) is 66.3 Å². The maximum atomic E-state index is 11.9. The monoisotopic (exact) mass is 374 g/mol. The number of H-pyrrole nitrogens is 1. The zero-order chi connectivity index (χ0) is 18.4. The van der Waals surface area contributed by atoms with Crippen molar-refractivity contribution in [1.82, 2.24) is 20.1 Å². The van der Waals surface area contributed by atoms with E-state index < -0.39 is 0 Å². The van der Waals surface area contributed by atoms with Crippen LogP contribution in [0.4, 0.5) is 0 Å². The fourth-order valence-electron chi connectivity index (χ4n) is 3.19. The number of thiocarbonyl (C=S) groups is 1. The number of fused-ring (bicyclic) bond motifs is 1. The maximum absolute atomic E-state index is 11.9. The predicted molar refractivity (Wildman–Crippen MR) is 109 cm³/mol. The lowest BCUT2D eigenvalue weighted by Gasteiger charge is -2.27. The molecular weight excluding hydrogens is 348 g/mol. The van der Waals surface area contributed by atoms with Crippen LogP contribution in [0.25, 0.3) is 10.9 Å². The van der Waals surface area contributed by atoms with E-state index in [1.807, 2.05) is 36.2 Å². The molecule has 1 saturated heterocycles. The largest absolute Gasteiger partial charge is 0.379 e. The number of aromatic amines is 1. The minimum atomic E-state index is -0.0866. The summed E-state index contributed by atoms with van der Waals surface area (Å²) >= 11 is 5.50. The Balaban J connectivity index is 1.50. The zero-order valence-electron chi connectivity index (χ0n) is 15.2. The third kappa shape index (κ3) is 5.03. The van der Waals surface area contributed by atoms with Gasteiger partial charge < -0.3 is 19.9 Å². The van der Waals surface area contributed by atoms with E-state index in [-0.39, 0.29) is 5.56 Å². The van der Waals surface area contributed by atoms with Crippen molar-refractivity contribution in [2.75, 3.05) is 46.4 Å². The Hall–Kier alpha value is -1.96. The van der Waals surface area contributed by atoms with E-state index in [2.05, 4.69) is 15.2 Å². The smallest absolute Gasteiger partial charge is 0.248 e. The van der Waals surface area contributed by atoms with Crippen molar-refractivity contribution in [2.24, 2.45) is 0 Å². The van der Waals surface area contributed by atoms with Crippen LogP contribution in [0.15, 0.2) is 35.1 Å². The normalized spacial score (nSPS) is 15.1. The van der Waals surface area contributed by atoms with Crippen LogP contribution >= 0.6 is 12.2 Å². The zero-order valence-corrected chi connectivity index (χ0v) is 16.0. The first-order valence-electron chi connectivity index (χ1n) is 9.03. The minimum Gasteiger partial charge on any atom is -0.379 e. The van der Waals surface area contributed by atoms with Gasteiger partial charge >= 0.3 is 0 Å². The van der Waals surface area contributed by atoms with Crippen molar-refractivity contribution in [1.29, 1.82) is 0 Å². The molecule has 0 unspecified atom stereocenters. The number of hydrogen-bond donors (Lipinski definition) is 2. The highest BCUT2D eigenvalue weighted by atomic mass is 32.1. The Bertz CT molecular complexity index is 801. The van der Waals surface area contributed by atoms with Gasteiger partial charge in [0.1, 0.15) is 0 Å². The van der Waals surface area contributed by atoms with Crippen molar-refractivity contribution < 1.29 is 4.74 Å². The summed E-state index contributed by atoms with van der Waals surface area (Å²) in [7, 11) is 1.95. The molecule has 6 nitrogen and oxygen atoms in total. The summed E-state index contributed by atoms with van der Waals surface area (Å²) in [4.78, 5) is 19.1. The molecule has 0 radical (unpaired) electrons. The Labute approximate surface area is 159 Å². The highest BCUT2D eigenvalue weighted by molar-refractivity contribution is 7.80. The van der Waals surface area contributed by atoms with E-state index in [1.165, 1.54) is 0 Å². The van der Waals surface area contributed by atoms with Gasteiger partial charge in [-0.3, -0.25) is 9.69 Å². The molecule has 0 spiro atoms. The van der Waals surface area contributed by atoms with Crippen LogP contribution < -0.4 is 10.9 Å². The molecule has 3 rings (SSSR count). The van der Waals surface area contributed by atoms with Gasteiger partial charge in [-0.2, -0.15) is 0 Å².